The maximum absolute atomic E-state index is 12.6. The van der Waals surface area contributed by atoms with Crippen molar-refractivity contribution in [1.29, 1.82) is 0 Å². The van der Waals surface area contributed by atoms with Gasteiger partial charge in [0.15, 0.2) is 0 Å². The summed E-state index contributed by atoms with van der Waals surface area (Å²) in [5.74, 6) is -0.197. The monoisotopic (exact) mass is 326 g/mol. The minimum Gasteiger partial charge on any atom is -0.325 e. The topological polar surface area (TPSA) is 66.5 Å². The summed E-state index contributed by atoms with van der Waals surface area (Å²) in [5.41, 5.74) is 2.94. The Balaban J connectivity index is 1.45. The highest BCUT2D eigenvalue weighted by molar-refractivity contribution is 6.09. The summed E-state index contributed by atoms with van der Waals surface area (Å²) in [5, 5.41) is 2.80. The first-order chi connectivity index (χ1) is 11.5. The van der Waals surface area contributed by atoms with E-state index in [4.69, 9.17) is 0 Å². The highest BCUT2D eigenvalue weighted by atomic mass is 16.2. The second-order valence-electron chi connectivity index (χ2n) is 7.49. The standard InChI is InChI=1S/C19H22N2O3/c1-10-3-6-14(7-11(10)2)20-15(22)9-21-18(23)16-12-4-5-13(8-12)17(16)19(21)24/h3,6-7,12-13,16-17H,4-5,8-9H2,1-2H3,(H,20,22)/t12-,13-,16-,17-/m0/s1. The van der Waals surface area contributed by atoms with Crippen molar-refractivity contribution >= 4 is 23.4 Å². The Labute approximate surface area is 141 Å². The molecule has 1 heterocycles. The summed E-state index contributed by atoms with van der Waals surface area (Å²) in [4.78, 5) is 38.7. The normalized spacial score (nSPS) is 30.8. The molecule has 126 valence electrons. The maximum Gasteiger partial charge on any atom is 0.244 e. The predicted octanol–water partition coefficient (Wildman–Crippen LogP) is 2.27. The number of benzene rings is 1. The van der Waals surface area contributed by atoms with Gasteiger partial charge < -0.3 is 5.32 Å². The average molecular weight is 326 g/mol. The first-order valence-electron chi connectivity index (χ1n) is 8.68. The van der Waals surface area contributed by atoms with E-state index >= 15 is 0 Å². The van der Waals surface area contributed by atoms with E-state index in [9.17, 15) is 14.4 Å². The van der Waals surface area contributed by atoms with E-state index in [1.165, 1.54) is 4.90 Å². The van der Waals surface area contributed by atoms with E-state index in [0.29, 0.717) is 17.5 Å². The SMILES string of the molecule is Cc1ccc(NC(=O)CN2C(=O)[C@H]3[C@H]4CC[C@@H](C4)[C@@H]3C2=O)cc1C. The fourth-order valence-electron chi connectivity index (χ4n) is 4.79. The Kier molecular flexibility index (Phi) is 3.48. The molecule has 0 radical (unpaired) electrons. The number of anilines is 1. The number of likely N-dealkylation sites (tertiary alicyclic amines) is 1. The highest BCUT2D eigenvalue weighted by Crippen LogP contribution is 2.56. The number of imide groups is 1. The van der Waals surface area contributed by atoms with Gasteiger partial charge in [0, 0.05) is 5.69 Å². The third kappa shape index (κ3) is 2.26. The van der Waals surface area contributed by atoms with Crippen LogP contribution in [-0.2, 0) is 14.4 Å². The number of hydrogen-bond acceptors (Lipinski definition) is 3. The zero-order chi connectivity index (χ0) is 17.0. The molecule has 1 N–H and O–H groups in total. The molecule has 0 unspecified atom stereocenters. The van der Waals surface area contributed by atoms with Gasteiger partial charge in [-0.2, -0.15) is 0 Å². The summed E-state index contributed by atoms with van der Waals surface area (Å²) in [6.07, 6.45) is 3.11. The number of nitrogens with one attached hydrogen (secondary N) is 1. The molecule has 3 fully saturated rings. The summed E-state index contributed by atoms with van der Waals surface area (Å²) in [7, 11) is 0. The molecule has 1 aromatic carbocycles. The summed E-state index contributed by atoms with van der Waals surface area (Å²) < 4.78 is 0. The maximum atomic E-state index is 12.6. The van der Waals surface area contributed by atoms with Crippen LogP contribution in [0.25, 0.3) is 0 Å². The van der Waals surface area contributed by atoms with Crippen LogP contribution in [0.2, 0.25) is 0 Å². The van der Waals surface area contributed by atoms with E-state index < -0.39 is 0 Å². The molecule has 1 aromatic rings. The molecule has 5 heteroatoms. The van der Waals surface area contributed by atoms with Gasteiger partial charge in [0.2, 0.25) is 17.7 Å². The average Bonchev–Trinajstić information content (AvgIpc) is 3.21. The van der Waals surface area contributed by atoms with Crippen molar-refractivity contribution in [3.05, 3.63) is 29.3 Å². The highest BCUT2D eigenvalue weighted by Gasteiger charge is 2.60. The molecule has 24 heavy (non-hydrogen) atoms. The molecular weight excluding hydrogens is 304 g/mol. The lowest BCUT2D eigenvalue weighted by Crippen LogP contribution is -2.39. The smallest absolute Gasteiger partial charge is 0.244 e. The number of amides is 3. The number of fused-ring (bicyclic) bond motifs is 5. The van der Waals surface area contributed by atoms with Gasteiger partial charge >= 0.3 is 0 Å². The van der Waals surface area contributed by atoms with Gasteiger partial charge in [0.1, 0.15) is 6.54 Å². The zero-order valence-corrected chi connectivity index (χ0v) is 14.0. The summed E-state index contributed by atoms with van der Waals surface area (Å²) in [6, 6.07) is 5.68. The van der Waals surface area contributed by atoms with Crippen molar-refractivity contribution in [2.45, 2.75) is 33.1 Å². The van der Waals surface area contributed by atoms with Crippen LogP contribution in [0, 0.1) is 37.5 Å². The molecule has 1 aliphatic heterocycles. The van der Waals surface area contributed by atoms with Crippen molar-refractivity contribution in [3.63, 3.8) is 0 Å². The van der Waals surface area contributed by atoms with Crippen molar-refractivity contribution in [1.82, 2.24) is 4.90 Å². The third-order valence-corrected chi connectivity index (χ3v) is 6.11. The quantitative estimate of drug-likeness (QED) is 0.867. The van der Waals surface area contributed by atoms with Gasteiger partial charge in [-0.25, -0.2) is 0 Å². The second-order valence-corrected chi connectivity index (χ2v) is 7.49. The Morgan fingerprint density at radius 3 is 2.29 bits per heavy atom. The van der Waals surface area contributed by atoms with Crippen molar-refractivity contribution in [2.24, 2.45) is 23.7 Å². The Morgan fingerprint density at radius 1 is 1.08 bits per heavy atom. The van der Waals surface area contributed by atoms with E-state index in [1.54, 1.807) is 0 Å². The van der Waals surface area contributed by atoms with Crippen LogP contribution in [0.1, 0.15) is 30.4 Å². The Morgan fingerprint density at radius 2 is 1.71 bits per heavy atom. The Bertz CT molecular complexity index is 714. The van der Waals surface area contributed by atoms with Crippen molar-refractivity contribution in [2.75, 3.05) is 11.9 Å². The number of hydrogen-bond donors (Lipinski definition) is 1. The molecule has 2 aliphatic carbocycles. The largest absolute Gasteiger partial charge is 0.325 e. The molecule has 0 spiro atoms. The van der Waals surface area contributed by atoms with E-state index in [0.717, 1.165) is 30.4 Å². The number of carbonyl (C=O) groups excluding carboxylic acids is 3. The lowest BCUT2D eigenvalue weighted by molar-refractivity contribution is -0.143. The molecule has 4 rings (SSSR count). The molecule has 3 amide bonds. The minimum atomic E-state index is -0.313. The lowest BCUT2D eigenvalue weighted by atomic mass is 9.81. The van der Waals surface area contributed by atoms with Crippen LogP contribution in [0.3, 0.4) is 0 Å². The molecule has 0 aromatic heterocycles. The van der Waals surface area contributed by atoms with E-state index in [1.807, 2.05) is 32.0 Å². The lowest BCUT2D eigenvalue weighted by Gasteiger charge is -2.19. The fraction of sp³-hybridized carbons (Fsp3) is 0.526. The number of aryl methyl sites for hydroxylation is 2. The summed E-state index contributed by atoms with van der Waals surface area (Å²) >= 11 is 0. The first-order valence-corrected chi connectivity index (χ1v) is 8.68. The van der Waals surface area contributed by atoms with E-state index in [-0.39, 0.29) is 36.1 Å². The third-order valence-electron chi connectivity index (χ3n) is 6.11. The van der Waals surface area contributed by atoms with Crippen molar-refractivity contribution < 1.29 is 14.4 Å². The molecule has 3 aliphatic rings. The Hall–Kier alpha value is -2.17. The van der Waals surface area contributed by atoms with Crippen LogP contribution in [0.15, 0.2) is 18.2 Å². The van der Waals surface area contributed by atoms with E-state index in [2.05, 4.69) is 5.32 Å². The molecular formula is C19H22N2O3. The van der Waals surface area contributed by atoms with Crippen LogP contribution < -0.4 is 5.32 Å². The van der Waals surface area contributed by atoms with Crippen LogP contribution in [-0.4, -0.2) is 29.2 Å². The minimum absolute atomic E-state index is 0.132. The second kappa shape index (κ2) is 5.43. The van der Waals surface area contributed by atoms with Crippen LogP contribution >= 0.6 is 0 Å². The molecule has 2 bridgehead atoms. The predicted molar refractivity (Wildman–Crippen MR) is 89.1 cm³/mol. The van der Waals surface area contributed by atoms with Gasteiger partial charge in [-0.15, -0.1) is 0 Å². The van der Waals surface area contributed by atoms with Gasteiger partial charge in [-0.05, 0) is 68.2 Å². The zero-order valence-electron chi connectivity index (χ0n) is 14.0. The molecule has 5 nitrogen and oxygen atoms in total. The van der Waals surface area contributed by atoms with Gasteiger partial charge in [0.25, 0.3) is 0 Å². The first kappa shape index (κ1) is 15.4. The van der Waals surface area contributed by atoms with Gasteiger partial charge in [-0.1, -0.05) is 6.07 Å². The number of carbonyl (C=O) groups is 3. The van der Waals surface area contributed by atoms with Gasteiger partial charge in [0.05, 0.1) is 11.8 Å². The molecule has 1 saturated heterocycles. The number of nitrogens with zero attached hydrogens (tertiary/aromatic N) is 1. The van der Waals surface area contributed by atoms with Crippen LogP contribution in [0.4, 0.5) is 5.69 Å². The fourth-order valence-corrected chi connectivity index (χ4v) is 4.79. The number of rotatable bonds is 3. The molecule has 4 atom stereocenters. The van der Waals surface area contributed by atoms with Crippen LogP contribution in [0.5, 0.6) is 0 Å². The van der Waals surface area contributed by atoms with Gasteiger partial charge in [-0.3, -0.25) is 19.3 Å². The molecule has 2 saturated carbocycles. The van der Waals surface area contributed by atoms with Crippen molar-refractivity contribution in [3.8, 4) is 0 Å². The summed E-state index contributed by atoms with van der Waals surface area (Å²) in [6.45, 7) is 3.82.